The van der Waals surface area contributed by atoms with E-state index in [1.807, 2.05) is 18.1 Å². The first kappa shape index (κ1) is 14.1. The van der Waals surface area contributed by atoms with Crippen LogP contribution in [0.4, 0.5) is 5.69 Å². The predicted octanol–water partition coefficient (Wildman–Crippen LogP) is 1.89. The van der Waals surface area contributed by atoms with Crippen molar-refractivity contribution < 1.29 is 9.59 Å². The molecular formula is C14H12ClN3O2. The van der Waals surface area contributed by atoms with Crippen LogP contribution in [-0.2, 0) is 4.79 Å². The van der Waals surface area contributed by atoms with Gasteiger partial charge in [0, 0.05) is 24.7 Å². The molecule has 0 atom stereocenters. The number of rotatable bonds is 4. The van der Waals surface area contributed by atoms with Gasteiger partial charge in [-0.2, -0.15) is 0 Å². The molecule has 1 amide bonds. The molecule has 20 heavy (non-hydrogen) atoms. The van der Waals surface area contributed by atoms with E-state index in [1.165, 1.54) is 12.3 Å². The number of halogens is 1. The second kappa shape index (κ2) is 6.19. The number of aromatic nitrogens is 1. The summed E-state index contributed by atoms with van der Waals surface area (Å²) in [5.41, 5.74) is 7.53. The number of pyridine rings is 1. The topological polar surface area (TPSA) is 85.1 Å². The normalized spacial score (nSPS) is 13.7. The average molecular weight is 290 g/mol. The molecule has 0 radical (unpaired) electrons. The van der Waals surface area contributed by atoms with Crippen LogP contribution in [-0.4, -0.2) is 23.4 Å². The van der Waals surface area contributed by atoms with Gasteiger partial charge in [-0.25, -0.2) is 9.78 Å². The number of carbonyl (C=O) groups is 1. The molecule has 0 saturated carbocycles. The molecule has 5 nitrogen and oxygen atoms in total. The molecule has 1 aliphatic carbocycles. The monoisotopic (exact) mass is 289 g/mol. The summed E-state index contributed by atoms with van der Waals surface area (Å²) in [4.78, 5) is 25.7. The van der Waals surface area contributed by atoms with Gasteiger partial charge in [-0.3, -0.25) is 4.79 Å². The van der Waals surface area contributed by atoms with Crippen LogP contribution in [0.25, 0.3) is 0 Å². The Morgan fingerprint density at radius 3 is 3.05 bits per heavy atom. The third-order valence-corrected chi connectivity index (χ3v) is 2.99. The molecule has 6 heteroatoms. The van der Waals surface area contributed by atoms with Crippen LogP contribution >= 0.6 is 11.6 Å². The highest BCUT2D eigenvalue weighted by Crippen LogP contribution is 2.20. The predicted molar refractivity (Wildman–Crippen MR) is 77.3 cm³/mol. The van der Waals surface area contributed by atoms with Gasteiger partial charge in [0.1, 0.15) is 11.1 Å². The lowest BCUT2D eigenvalue weighted by atomic mass is 10.0. The lowest BCUT2D eigenvalue weighted by molar-refractivity contribution is 0.100. The highest BCUT2D eigenvalue weighted by atomic mass is 35.5. The van der Waals surface area contributed by atoms with Gasteiger partial charge in [0.25, 0.3) is 5.91 Å². The fourth-order valence-electron chi connectivity index (χ4n) is 1.82. The molecule has 0 fully saturated rings. The number of hydrogen-bond donors (Lipinski definition) is 2. The summed E-state index contributed by atoms with van der Waals surface area (Å²) in [7, 11) is 0. The summed E-state index contributed by atoms with van der Waals surface area (Å²) in [5.74, 6) is 1.29. The Labute approximate surface area is 120 Å². The molecule has 2 rings (SSSR count). The first-order chi connectivity index (χ1) is 9.60. The van der Waals surface area contributed by atoms with Crippen LogP contribution in [0.15, 0.2) is 41.6 Å². The Morgan fingerprint density at radius 2 is 2.35 bits per heavy atom. The van der Waals surface area contributed by atoms with Gasteiger partial charge in [-0.05, 0) is 17.7 Å². The smallest absolute Gasteiger partial charge is 0.252 e. The first-order valence-electron chi connectivity index (χ1n) is 5.90. The Bertz CT molecular complexity index is 658. The highest BCUT2D eigenvalue weighted by molar-refractivity contribution is 6.29. The maximum atomic E-state index is 11.3. The van der Waals surface area contributed by atoms with Crippen molar-refractivity contribution in [1.29, 1.82) is 0 Å². The maximum Gasteiger partial charge on any atom is 0.252 e. The molecule has 3 N–H and O–H groups in total. The Balaban J connectivity index is 2.17. The van der Waals surface area contributed by atoms with E-state index in [-0.39, 0.29) is 10.7 Å². The lowest BCUT2D eigenvalue weighted by Gasteiger charge is -2.12. The number of amides is 1. The number of nitrogens with zero attached hydrogens (tertiary/aromatic N) is 1. The first-order valence-corrected chi connectivity index (χ1v) is 6.28. The number of nitrogens with one attached hydrogen (secondary N) is 1. The van der Waals surface area contributed by atoms with Crippen molar-refractivity contribution in [3.63, 3.8) is 0 Å². The van der Waals surface area contributed by atoms with Gasteiger partial charge in [-0.15, -0.1) is 0 Å². The molecule has 102 valence electrons. The van der Waals surface area contributed by atoms with E-state index in [2.05, 4.69) is 10.3 Å². The quantitative estimate of drug-likeness (QED) is 0.655. The van der Waals surface area contributed by atoms with E-state index < -0.39 is 5.91 Å². The second-order valence-corrected chi connectivity index (χ2v) is 4.61. The van der Waals surface area contributed by atoms with Crippen molar-refractivity contribution in [3.05, 3.63) is 52.4 Å². The molecule has 0 saturated heterocycles. The molecule has 0 unspecified atom stereocenters. The fraction of sp³-hybridized carbons (Fsp3) is 0.143. The summed E-state index contributed by atoms with van der Waals surface area (Å²) < 4.78 is 0. The average Bonchev–Trinajstić information content (AvgIpc) is 2.45. The Kier molecular flexibility index (Phi) is 4.35. The van der Waals surface area contributed by atoms with Crippen molar-refractivity contribution in [3.8, 4) is 0 Å². The number of carbonyl (C=O) groups excluding carboxylic acids is 2. The van der Waals surface area contributed by atoms with Crippen molar-refractivity contribution in [2.45, 2.75) is 6.42 Å². The minimum absolute atomic E-state index is 0.263. The van der Waals surface area contributed by atoms with E-state index in [0.29, 0.717) is 24.2 Å². The maximum absolute atomic E-state index is 11.3. The summed E-state index contributed by atoms with van der Waals surface area (Å²) >= 11 is 5.80. The zero-order valence-electron chi connectivity index (χ0n) is 10.5. The molecule has 0 bridgehead atoms. The zero-order chi connectivity index (χ0) is 14.5. The number of primary amides is 1. The molecular weight excluding hydrogens is 278 g/mol. The molecule has 1 aliphatic rings. The minimum atomic E-state index is -0.585. The van der Waals surface area contributed by atoms with E-state index in [9.17, 15) is 9.59 Å². The van der Waals surface area contributed by atoms with Gasteiger partial charge in [0.15, 0.2) is 0 Å². The summed E-state index contributed by atoms with van der Waals surface area (Å²) in [6.07, 6.45) is 7.45. The van der Waals surface area contributed by atoms with Gasteiger partial charge >= 0.3 is 0 Å². The lowest BCUT2D eigenvalue weighted by Crippen LogP contribution is -2.16. The molecule has 0 aromatic carbocycles. The third kappa shape index (κ3) is 3.35. The summed E-state index contributed by atoms with van der Waals surface area (Å²) in [6.45, 7) is 0.433. The largest absolute Gasteiger partial charge is 0.380 e. The van der Waals surface area contributed by atoms with Crippen LogP contribution in [0, 0.1) is 0 Å². The molecule has 1 aromatic rings. The highest BCUT2D eigenvalue weighted by Gasteiger charge is 2.10. The van der Waals surface area contributed by atoms with Crippen LogP contribution in [0.3, 0.4) is 0 Å². The molecule has 1 aromatic heterocycles. The molecule has 0 aliphatic heterocycles. The van der Waals surface area contributed by atoms with Crippen molar-refractivity contribution >= 4 is 29.1 Å². The SMILES string of the molecule is NC(=O)c1cnc(Cl)cc1NCC1=CC(=C=O)CC=C1. The summed E-state index contributed by atoms with van der Waals surface area (Å²) in [6, 6.07) is 1.53. The van der Waals surface area contributed by atoms with Crippen LogP contribution < -0.4 is 11.1 Å². The number of allylic oxidation sites excluding steroid dienone is 3. The standard InChI is InChI=1S/C14H12ClN3O2/c15-13-5-12(11(7-18-13)14(16)20)17-6-9-2-1-3-10(4-9)8-19/h1-2,4-5,7H,3,6H2,(H2,16,20)(H,17,18). The molecule has 0 spiro atoms. The number of anilines is 1. The Morgan fingerprint density at radius 1 is 1.55 bits per heavy atom. The van der Waals surface area contributed by atoms with E-state index >= 15 is 0 Å². The van der Waals surface area contributed by atoms with Crippen LogP contribution in [0.2, 0.25) is 5.15 Å². The van der Waals surface area contributed by atoms with Crippen molar-refractivity contribution in [2.24, 2.45) is 5.73 Å². The van der Waals surface area contributed by atoms with E-state index in [4.69, 9.17) is 17.3 Å². The van der Waals surface area contributed by atoms with Gasteiger partial charge in [-0.1, -0.05) is 23.8 Å². The van der Waals surface area contributed by atoms with Crippen molar-refractivity contribution in [1.82, 2.24) is 4.98 Å². The Hall–Kier alpha value is -2.36. The third-order valence-electron chi connectivity index (χ3n) is 2.78. The zero-order valence-corrected chi connectivity index (χ0v) is 11.3. The van der Waals surface area contributed by atoms with Crippen LogP contribution in [0.5, 0.6) is 0 Å². The van der Waals surface area contributed by atoms with Crippen LogP contribution in [0.1, 0.15) is 16.8 Å². The van der Waals surface area contributed by atoms with E-state index in [0.717, 1.165) is 5.57 Å². The summed E-state index contributed by atoms with van der Waals surface area (Å²) in [5, 5.41) is 3.32. The van der Waals surface area contributed by atoms with Gasteiger partial charge in [0.2, 0.25) is 0 Å². The van der Waals surface area contributed by atoms with Gasteiger partial charge in [0.05, 0.1) is 11.3 Å². The fourth-order valence-corrected chi connectivity index (χ4v) is 1.98. The minimum Gasteiger partial charge on any atom is -0.380 e. The van der Waals surface area contributed by atoms with E-state index in [1.54, 1.807) is 6.08 Å². The van der Waals surface area contributed by atoms with Gasteiger partial charge < -0.3 is 11.1 Å². The van der Waals surface area contributed by atoms with Crippen molar-refractivity contribution in [2.75, 3.05) is 11.9 Å². The molecule has 1 heterocycles. The second-order valence-electron chi connectivity index (χ2n) is 4.22. The number of hydrogen-bond acceptors (Lipinski definition) is 4. The number of nitrogens with two attached hydrogens (primary N) is 1.